The standard InChI is InChI=1S/C14H13F3N4O/c1-9(10-4-3-5-18-6-10)21(2)12(22)11-7-19-13(20-8-11)14(15,16)17/h3-9H,1-2H3/t9-/m1/s1. The molecule has 0 radical (unpaired) electrons. The van der Waals surface area contributed by atoms with Crippen LogP contribution in [0.5, 0.6) is 0 Å². The summed E-state index contributed by atoms with van der Waals surface area (Å²) in [5, 5.41) is 0. The van der Waals surface area contributed by atoms with Gasteiger partial charge in [-0.2, -0.15) is 13.2 Å². The van der Waals surface area contributed by atoms with Crippen molar-refractivity contribution in [2.24, 2.45) is 0 Å². The van der Waals surface area contributed by atoms with Crippen molar-refractivity contribution < 1.29 is 18.0 Å². The highest BCUT2D eigenvalue weighted by atomic mass is 19.4. The van der Waals surface area contributed by atoms with Gasteiger partial charge in [0.1, 0.15) is 0 Å². The highest BCUT2D eigenvalue weighted by molar-refractivity contribution is 5.93. The van der Waals surface area contributed by atoms with Crippen molar-refractivity contribution in [3.05, 3.63) is 53.9 Å². The number of aromatic nitrogens is 3. The molecule has 0 bridgehead atoms. The number of rotatable bonds is 3. The number of nitrogens with zero attached hydrogens (tertiary/aromatic N) is 4. The Morgan fingerprint density at radius 1 is 1.23 bits per heavy atom. The molecule has 0 unspecified atom stereocenters. The quantitative estimate of drug-likeness (QED) is 0.874. The second-order valence-electron chi connectivity index (χ2n) is 4.67. The summed E-state index contributed by atoms with van der Waals surface area (Å²) in [6.07, 6.45) is 0.366. The molecule has 22 heavy (non-hydrogen) atoms. The SMILES string of the molecule is C[C@H](c1cccnc1)N(C)C(=O)c1cnc(C(F)(F)F)nc1. The first kappa shape index (κ1) is 15.9. The van der Waals surface area contributed by atoms with Crippen LogP contribution in [0.3, 0.4) is 0 Å². The van der Waals surface area contributed by atoms with Gasteiger partial charge in [0.2, 0.25) is 5.82 Å². The van der Waals surface area contributed by atoms with E-state index >= 15 is 0 Å². The minimum Gasteiger partial charge on any atom is -0.335 e. The van der Waals surface area contributed by atoms with Crippen LogP contribution in [0.15, 0.2) is 36.9 Å². The highest BCUT2D eigenvalue weighted by Gasteiger charge is 2.34. The van der Waals surface area contributed by atoms with Crippen molar-refractivity contribution in [1.82, 2.24) is 19.9 Å². The summed E-state index contributed by atoms with van der Waals surface area (Å²) in [6.45, 7) is 1.79. The first-order chi connectivity index (χ1) is 10.3. The third-order valence-corrected chi connectivity index (χ3v) is 3.22. The van der Waals surface area contributed by atoms with Crippen LogP contribution in [0.1, 0.15) is 34.7 Å². The van der Waals surface area contributed by atoms with E-state index in [2.05, 4.69) is 15.0 Å². The molecule has 0 aliphatic heterocycles. The summed E-state index contributed by atoms with van der Waals surface area (Å²) in [4.78, 5) is 24.0. The fourth-order valence-corrected chi connectivity index (χ4v) is 1.81. The number of alkyl halides is 3. The minimum atomic E-state index is -4.63. The number of carbonyl (C=O) groups is 1. The fraction of sp³-hybridized carbons (Fsp3) is 0.286. The molecule has 0 fully saturated rings. The maximum absolute atomic E-state index is 12.4. The third-order valence-electron chi connectivity index (χ3n) is 3.22. The maximum atomic E-state index is 12.4. The highest BCUT2D eigenvalue weighted by Crippen LogP contribution is 2.26. The molecule has 2 aromatic rings. The lowest BCUT2D eigenvalue weighted by Crippen LogP contribution is -2.30. The Morgan fingerprint density at radius 3 is 2.36 bits per heavy atom. The zero-order valence-corrected chi connectivity index (χ0v) is 11.9. The lowest BCUT2D eigenvalue weighted by Gasteiger charge is -2.25. The molecule has 1 amide bonds. The topological polar surface area (TPSA) is 59.0 Å². The second kappa shape index (κ2) is 6.08. The first-order valence-electron chi connectivity index (χ1n) is 6.37. The van der Waals surface area contributed by atoms with Crippen LogP contribution in [0.25, 0.3) is 0 Å². The van der Waals surface area contributed by atoms with Gasteiger partial charge in [0.15, 0.2) is 0 Å². The van der Waals surface area contributed by atoms with E-state index in [1.807, 2.05) is 6.07 Å². The molecule has 0 saturated carbocycles. The predicted molar refractivity (Wildman–Crippen MR) is 71.8 cm³/mol. The molecular formula is C14H13F3N4O. The fourth-order valence-electron chi connectivity index (χ4n) is 1.81. The molecule has 0 aliphatic carbocycles. The van der Waals surface area contributed by atoms with Gasteiger partial charge in [0.05, 0.1) is 11.6 Å². The average molecular weight is 310 g/mol. The summed E-state index contributed by atoms with van der Waals surface area (Å²) in [5.74, 6) is -1.74. The predicted octanol–water partition coefficient (Wildman–Crippen LogP) is 2.72. The van der Waals surface area contributed by atoms with Gasteiger partial charge in [-0.3, -0.25) is 9.78 Å². The summed E-state index contributed by atoms with van der Waals surface area (Å²) in [6, 6.07) is 3.26. The smallest absolute Gasteiger partial charge is 0.335 e. The van der Waals surface area contributed by atoms with Gasteiger partial charge < -0.3 is 4.90 Å². The summed E-state index contributed by atoms with van der Waals surface area (Å²) in [7, 11) is 1.55. The van der Waals surface area contributed by atoms with E-state index in [9.17, 15) is 18.0 Å². The molecule has 0 aromatic carbocycles. The molecule has 5 nitrogen and oxygen atoms in total. The minimum absolute atomic E-state index is 0.00811. The molecule has 0 spiro atoms. The Kier molecular flexibility index (Phi) is 4.39. The number of amides is 1. The van der Waals surface area contributed by atoms with Gasteiger partial charge in [-0.1, -0.05) is 6.07 Å². The molecule has 116 valence electrons. The Balaban J connectivity index is 2.17. The molecule has 2 aromatic heterocycles. The van der Waals surface area contributed by atoms with Crippen molar-refractivity contribution in [3.63, 3.8) is 0 Å². The monoisotopic (exact) mass is 310 g/mol. The van der Waals surface area contributed by atoms with E-state index in [0.29, 0.717) is 0 Å². The largest absolute Gasteiger partial charge is 0.451 e. The lowest BCUT2D eigenvalue weighted by atomic mass is 10.1. The number of hydrogen-bond acceptors (Lipinski definition) is 4. The van der Waals surface area contributed by atoms with Crippen molar-refractivity contribution in [2.45, 2.75) is 19.1 Å². The van der Waals surface area contributed by atoms with Gasteiger partial charge in [0, 0.05) is 31.8 Å². The Bertz CT molecular complexity index is 643. The average Bonchev–Trinajstić information content (AvgIpc) is 2.53. The lowest BCUT2D eigenvalue weighted by molar-refractivity contribution is -0.145. The zero-order chi connectivity index (χ0) is 16.3. The van der Waals surface area contributed by atoms with Crippen LogP contribution in [0.4, 0.5) is 13.2 Å². The van der Waals surface area contributed by atoms with Crippen LogP contribution in [-0.4, -0.2) is 32.8 Å². The van der Waals surface area contributed by atoms with E-state index in [1.165, 1.54) is 4.90 Å². The third kappa shape index (κ3) is 3.38. The molecule has 8 heteroatoms. The summed E-state index contributed by atoms with van der Waals surface area (Å²) >= 11 is 0. The van der Waals surface area contributed by atoms with E-state index in [1.54, 1.807) is 32.4 Å². The van der Waals surface area contributed by atoms with Crippen molar-refractivity contribution in [2.75, 3.05) is 7.05 Å². The number of pyridine rings is 1. The van der Waals surface area contributed by atoms with Crippen molar-refractivity contribution in [1.29, 1.82) is 0 Å². The number of carbonyl (C=O) groups excluding carboxylic acids is 1. The van der Waals surface area contributed by atoms with Gasteiger partial charge >= 0.3 is 6.18 Å². The van der Waals surface area contributed by atoms with Gasteiger partial charge in [-0.25, -0.2) is 9.97 Å². The van der Waals surface area contributed by atoms with Crippen LogP contribution >= 0.6 is 0 Å². The van der Waals surface area contributed by atoms with Crippen LogP contribution in [0.2, 0.25) is 0 Å². The van der Waals surface area contributed by atoms with Crippen molar-refractivity contribution in [3.8, 4) is 0 Å². The van der Waals surface area contributed by atoms with Gasteiger partial charge in [0.25, 0.3) is 5.91 Å². The normalized spacial score (nSPS) is 12.8. The molecule has 2 rings (SSSR count). The molecular weight excluding hydrogens is 297 g/mol. The molecule has 0 saturated heterocycles. The second-order valence-corrected chi connectivity index (χ2v) is 4.67. The number of halogens is 3. The summed E-state index contributed by atoms with van der Waals surface area (Å²) in [5.41, 5.74) is 0.803. The van der Waals surface area contributed by atoms with Crippen LogP contribution < -0.4 is 0 Å². The number of hydrogen-bond donors (Lipinski definition) is 0. The van der Waals surface area contributed by atoms with E-state index in [4.69, 9.17) is 0 Å². The molecule has 0 aliphatic rings. The molecule has 2 heterocycles. The molecule has 1 atom stereocenters. The van der Waals surface area contributed by atoms with Gasteiger partial charge in [-0.05, 0) is 18.6 Å². The summed E-state index contributed by atoms with van der Waals surface area (Å²) < 4.78 is 37.2. The van der Waals surface area contributed by atoms with E-state index in [0.717, 1.165) is 18.0 Å². The van der Waals surface area contributed by atoms with E-state index in [-0.39, 0.29) is 11.6 Å². The van der Waals surface area contributed by atoms with Gasteiger partial charge in [-0.15, -0.1) is 0 Å². The Morgan fingerprint density at radius 2 is 1.86 bits per heavy atom. The maximum Gasteiger partial charge on any atom is 0.451 e. The van der Waals surface area contributed by atoms with Crippen LogP contribution in [0, 0.1) is 0 Å². The zero-order valence-electron chi connectivity index (χ0n) is 11.9. The van der Waals surface area contributed by atoms with E-state index < -0.39 is 17.9 Å². The first-order valence-corrected chi connectivity index (χ1v) is 6.37. The Labute approximate surface area is 124 Å². The molecule has 0 N–H and O–H groups in total. The van der Waals surface area contributed by atoms with Crippen LogP contribution in [-0.2, 0) is 6.18 Å². The Hall–Kier alpha value is -2.51. The van der Waals surface area contributed by atoms with Crippen molar-refractivity contribution >= 4 is 5.91 Å².